The molecule has 1 saturated heterocycles. The smallest absolute Gasteiger partial charge is 0.125 e. The van der Waals surface area contributed by atoms with Gasteiger partial charge in [0.15, 0.2) is 0 Å². The topological polar surface area (TPSA) is 70.0 Å². The van der Waals surface area contributed by atoms with Crippen LogP contribution in [0.1, 0.15) is 17.0 Å². The number of aliphatic hydroxyl groups excluding tert-OH is 1. The number of aliphatic hydroxyl groups is 1. The predicted molar refractivity (Wildman–Crippen MR) is 95.3 cm³/mol. The molecule has 7 heteroatoms. The van der Waals surface area contributed by atoms with E-state index in [9.17, 15) is 9.50 Å². The Hall–Kier alpha value is -2.51. The molecule has 26 heavy (non-hydrogen) atoms. The van der Waals surface area contributed by atoms with Crippen molar-refractivity contribution < 1.29 is 9.50 Å². The minimum atomic E-state index is -0.356. The van der Waals surface area contributed by atoms with Crippen LogP contribution < -0.4 is 0 Å². The number of aromatic amines is 1. The van der Waals surface area contributed by atoms with Gasteiger partial charge in [0.05, 0.1) is 23.7 Å². The summed E-state index contributed by atoms with van der Waals surface area (Å²) >= 11 is 0. The van der Waals surface area contributed by atoms with Gasteiger partial charge in [0.25, 0.3) is 0 Å². The number of halogens is 1. The van der Waals surface area contributed by atoms with Gasteiger partial charge in [-0.2, -0.15) is 10.2 Å². The molecule has 3 heterocycles. The van der Waals surface area contributed by atoms with Gasteiger partial charge >= 0.3 is 0 Å². The molecule has 2 atom stereocenters. The van der Waals surface area contributed by atoms with Crippen LogP contribution in [-0.4, -0.2) is 49.2 Å². The zero-order valence-electron chi connectivity index (χ0n) is 14.6. The first kappa shape index (κ1) is 16.9. The van der Waals surface area contributed by atoms with Crippen molar-refractivity contribution in [2.75, 3.05) is 13.1 Å². The first-order valence-electron chi connectivity index (χ1n) is 8.77. The Morgan fingerprint density at radius 3 is 2.96 bits per heavy atom. The maximum absolute atomic E-state index is 13.4. The Bertz CT molecular complexity index is 889. The Balaban J connectivity index is 1.39. The summed E-state index contributed by atoms with van der Waals surface area (Å²) in [5.41, 5.74) is 3.77. The minimum Gasteiger partial charge on any atom is -0.391 e. The lowest BCUT2D eigenvalue weighted by Crippen LogP contribution is -2.21. The highest BCUT2D eigenvalue weighted by molar-refractivity contribution is 5.31. The van der Waals surface area contributed by atoms with E-state index in [-0.39, 0.29) is 17.8 Å². The zero-order valence-corrected chi connectivity index (χ0v) is 14.6. The number of β-amino-alcohol motifs (C(OH)–C–C–N with tert-alkyl or cyclic N) is 1. The van der Waals surface area contributed by atoms with Crippen molar-refractivity contribution in [1.82, 2.24) is 24.9 Å². The Labute approximate surface area is 151 Å². The van der Waals surface area contributed by atoms with Crippen molar-refractivity contribution in [3.05, 3.63) is 65.5 Å². The van der Waals surface area contributed by atoms with Crippen LogP contribution in [0.3, 0.4) is 0 Å². The second-order valence-corrected chi connectivity index (χ2v) is 7.04. The second kappa shape index (κ2) is 7.01. The number of likely N-dealkylation sites (tertiary alicyclic amines) is 1. The van der Waals surface area contributed by atoms with Gasteiger partial charge in [-0.05, 0) is 37.6 Å². The van der Waals surface area contributed by atoms with Gasteiger partial charge in [-0.3, -0.25) is 10.00 Å². The van der Waals surface area contributed by atoms with Gasteiger partial charge in [-0.25, -0.2) is 9.07 Å². The average molecular weight is 355 g/mol. The van der Waals surface area contributed by atoms with Crippen LogP contribution in [0.2, 0.25) is 0 Å². The van der Waals surface area contributed by atoms with Gasteiger partial charge < -0.3 is 5.11 Å². The van der Waals surface area contributed by atoms with E-state index in [2.05, 4.69) is 20.2 Å². The van der Waals surface area contributed by atoms with Gasteiger partial charge in [0.2, 0.25) is 0 Å². The quantitative estimate of drug-likeness (QED) is 0.735. The molecule has 0 amide bonds. The fraction of sp³-hybridized carbons (Fsp3) is 0.368. The maximum atomic E-state index is 13.4. The van der Waals surface area contributed by atoms with E-state index in [0.29, 0.717) is 18.8 Å². The monoisotopic (exact) mass is 355 g/mol. The Kier molecular flexibility index (Phi) is 4.57. The average Bonchev–Trinajstić information content (AvgIpc) is 3.30. The zero-order chi connectivity index (χ0) is 18.1. The molecule has 2 aromatic heterocycles. The number of benzene rings is 1. The molecule has 3 aromatic rings. The molecule has 0 aliphatic carbocycles. The molecule has 1 aliphatic rings. The molecule has 0 radical (unpaired) electrons. The molecule has 0 saturated carbocycles. The third-order valence-corrected chi connectivity index (χ3v) is 4.83. The van der Waals surface area contributed by atoms with Crippen molar-refractivity contribution in [1.29, 1.82) is 0 Å². The van der Waals surface area contributed by atoms with Crippen molar-refractivity contribution in [3.63, 3.8) is 0 Å². The number of rotatable bonds is 5. The third kappa shape index (κ3) is 3.68. The van der Waals surface area contributed by atoms with E-state index in [4.69, 9.17) is 0 Å². The molecule has 136 valence electrons. The van der Waals surface area contributed by atoms with Crippen LogP contribution in [0.25, 0.3) is 5.69 Å². The standard InChI is InChI=1S/C19H22FN5O/c1-13-5-17(23-22-13)6-15-11-24(12-19(15)26)9-14-8-21-25(10-14)18-4-2-3-16(20)7-18/h2-5,7-8,10,15,19,26H,6,9,11-12H2,1H3,(H,22,23)/t15-,19+/m1/s1. The predicted octanol–water partition coefficient (Wildman–Crippen LogP) is 2.08. The Morgan fingerprint density at radius 1 is 1.31 bits per heavy atom. The van der Waals surface area contributed by atoms with Crippen LogP contribution >= 0.6 is 0 Å². The van der Waals surface area contributed by atoms with Gasteiger partial charge in [-0.15, -0.1) is 0 Å². The number of nitrogens with zero attached hydrogens (tertiary/aromatic N) is 4. The van der Waals surface area contributed by atoms with Crippen LogP contribution in [-0.2, 0) is 13.0 Å². The number of aromatic nitrogens is 4. The fourth-order valence-electron chi connectivity index (χ4n) is 3.58. The molecule has 0 spiro atoms. The molecule has 1 aromatic carbocycles. The molecule has 0 unspecified atom stereocenters. The van der Waals surface area contributed by atoms with E-state index in [1.54, 1.807) is 16.9 Å². The summed E-state index contributed by atoms with van der Waals surface area (Å²) in [7, 11) is 0. The highest BCUT2D eigenvalue weighted by Gasteiger charge is 2.31. The number of aryl methyl sites for hydroxylation is 1. The second-order valence-electron chi connectivity index (χ2n) is 7.04. The van der Waals surface area contributed by atoms with E-state index >= 15 is 0 Å². The summed E-state index contributed by atoms with van der Waals surface area (Å²) in [6.07, 6.45) is 4.11. The van der Waals surface area contributed by atoms with E-state index < -0.39 is 0 Å². The van der Waals surface area contributed by atoms with Crippen LogP contribution in [0, 0.1) is 18.7 Å². The highest BCUT2D eigenvalue weighted by Crippen LogP contribution is 2.23. The summed E-state index contributed by atoms with van der Waals surface area (Å²) in [6, 6.07) is 8.39. The number of H-pyrrole nitrogens is 1. The lowest BCUT2D eigenvalue weighted by Gasteiger charge is -2.13. The number of nitrogens with one attached hydrogen (secondary N) is 1. The van der Waals surface area contributed by atoms with Crippen LogP contribution in [0.4, 0.5) is 4.39 Å². The summed E-state index contributed by atoms with van der Waals surface area (Å²) in [5, 5.41) is 21.9. The summed E-state index contributed by atoms with van der Waals surface area (Å²) in [5.74, 6) is -0.102. The largest absolute Gasteiger partial charge is 0.391 e. The number of hydrogen-bond donors (Lipinski definition) is 2. The molecule has 1 aliphatic heterocycles. The fourth-order valence-corrected chi connectivity index (χ4v) is 3.58. The Morgan fingerprint density at radius 2 is 2.19 bits per heavy atom. The SMILES string of the molecule is Cc1cc(C[C@@H]2CN(Cc3cnn(-c4cccc(F)c4)c3)C[C@@H]2O)n[nH]1. The van der Waals surface area contributed by atoms with Crippen LogP contribution in [0.5, 0.6) is 0 Å². The lowest BCUT2D eigenvalue weighted by molar-refractivity contribution is 0.140. The summed E-state index contributed by atoms with van der Waals surface area (Å²) in [4.78, 5) is 2.22. The van der Waals surface area contributed by atoms with Crippen molar-refractivity contribution in [2.45, 2.75) is 26.0 Å². The lowest BCUT2D eigenvalue weighted by atomic mass is 10.0. The third-order valence-electron chi connectivity index (χ3n) is 4.83. The van der Waals surface area contributed by atoms with E-state index in [0.717, 1.165) is 29.9 Å². The molecule has 1 fully saturated rings. The summed E-state index contributed by atoms with van der Waals surface area (Å²) in [6.45, 7) is 4.14. The molecule has 0 bridgehead atoms. The van der Waals surface area contributed by atoms with Crippen LogP contribution in [0.15, 0.2) is 42.7 Å². The first-order chi connectivity index (χ1) is 12.6. The number of hydrogen-bond acceptors (Lipinski definition) is 4. The molecule has 4 rings (SSSR count). The molecular formula is C19H22FN5O. The van der Waals surface area contributed by atoms with E-state index in [1.165, 1.54) is 12.1 Å². The molecule has 6 nitrogen and oxygen atoms in total. The van der Waals surface area contributed by atoms with Crippen molar-refractivity contribution in [3.8, 4) is 5.69 Å². The van der Waals surface area contributed by atoms with Crippen molar-refractivity contribution in [2.24, 2.45) is 5.92 Å². The van der Waals surface area contributed by atoms with Crippen molar-refractivity contribution >= 4 is 0 Å². The minimum absolute atomic E-state index is 0.177. The molecule has 2 N–H and O–H groups in total. The normalized spacial score (nSPS) is 20.7. The van der Waals surface area contributed by atoms with Gasteiger partial charge in [0, 0.05) is 43.0 Å². The van der Waals surface area contributed by atoms with Gasteiger partial charge in [-0.1, -0.05) is 6.07 Å². The maximum Gasteiger partial charge on any atom is 0.125 e. The highest BCUT2D eigenvalue weighted by atomic mass is 19.1. The summed E-state index contributed by atoms with van der Waals surface area (Å²) < 4.78 is 15.0. The molecular weight excluding hydrogens is 333 g/mol. The van der Waals surface area contributed by atoms with E-state index in [1.807, 2.05) is 25.3 Å². The first-order valence-corrected chi connectivity index (χ1v) is 8.77. The van der Waals surface area contributed by atoms with Gasteiger partial charge in [0.1, 0.15) is 5.82 Å².